The maximum absolute atomic E-state index is 6.32. The van der Waals surface area contributed by atoms with Gasteiger partial charge < -0.3 is 5.73 Å². The average Bonchev–Trinajstić information content (AvgIpc) is 2.61. The summed E-state index contributed by atoms with van der Waals surface area (Å²) in [4.78, 5) is 0. The first-order valence-electron chi connectivity index (χ1n) is 7.48. The molecule has 0 unspecified atom stereocenters. The molecule has 1 heteroatoms. The number of hydrogen-bond donors (Lipinski definition) is 1. The Hall–Kier alpha value is -0.820. The molecule has 1 saturated carbocycles. The second-order valence-corrected chi connectivity index (χ2v) is 6.88. The molecule has 98 valence electrons. The topological polar surface area (TPSA) is 26.0 Å². The first-order valence-corrected chi connectivity index (χ1v) is 7.48. The first kappa shape index (κ1) is 12.2. The number of hydrogen-bond acceptors (Lipinski definition) is 1. The summed E-state index contributed by atoms with van der Waals surface area (Å²) in [7, 11) is 0. The van der Waals surface area contributed by atoms with Gasteiger partial charge in [-0.1, -0.05) is 51.3 Å². The van der Waals surface area contributed by atoms with Crippen LogP contribution >= 0.6 is 0 Å². The van der Waals surface area contributed by atoms with Gasteiger partial charge in [0.05, 0.1) is 0 Å². The molecule has 1 atom stereocenters. The Bertz CT molecular complexity index is 441. The van der Waals surface area contributed by atoms with E-state index in [0.717, 1.165) is 12.3 Å². The minimum Gasteiger partial charge on any atom is -0.324 e. The van der Waals surface area contributed by atoms with Crippen LogP contribution in [0.4, 0.5) is 0 Å². The highest BCUT2D eigenvalue weighted by Crippen LogP contribution is 2.45. The molecule has 0 saturated heterocycles. The lowest BCUT2D eigenvalue weighted by atomic mass is 9.81. The van der Waals surface area contributed by atoms with E-state index in [0.29, 0.717) is 0 Å². The highest BCUT2D eigenvalue weighted by atomic mass is 14.7. The van der Waals surface area contributed by atoms with Crippen molar-refractivity contribution in [1.82, 2.24) is 0 Å². The molecule has 1 nitrogen and oxygen atoms in total. The molecule has 1 aromatic rings. The summed E-state index contributed by atoms with van der Waals surface area (Å²) < 4.78 is 0. The molecule has 0 radical (unpaired) electrons. The van der Waals surface area contributed by atoms with Crippen LogP contribution in [0.3, 0.4) is 0 Å². The summed E-state index contributed by atoms with van der Waals surface area (Å²) in [5.41, 5.74) is 11.0. The first-order chi connectivity index (χ1) is 8.58. The van der Waals surface area contributed by atoms with Crippen LogP contribution in [-0.4, -0.2) is 0 Å². The Balaban J connectivity index is 1.94. The summed E-state index contributed by atoms with van der Waals surface area (Å²) >= 11 is 0. The van der Waals surface area contributed by atoms with Crippen molar-refractivity contribution in [2.45, 2.75) is 69.7 Å². The normalized spacial score (nSPS) is 27.2. The van der Waals surface area contributed by atoms with E-state index in [-0.39, 0.29) is 11.5 Å². The van der Waals surface area contributed by atoms with Gasteiger partial charge in [0.2, 0.25) is 0 Å². The minimum atomic E-state index is 0.249. The van der Waals surface area contributed by atoms with E-state index in [1.165, 1.54) is 43.2 Å². The highest BCUT2D eigenvalue weighted by Gasteiger charge is 2.35. The van der Waals surface area contributed by atoms with E-state index in [1.54, 1.807) is 5.56 Å². The molecule has 0 amide bonds. The molecule has 0 spiro atoms. The molecule has 2 aliphatic rings. The Morgan fingerprint density at radius 1 is 1.11 bits per heavy atom. The zero-order valence-electron chi connectivity index (χ0n) is 11.7. The minimum absolute atomic E-state index is 0.249. The van der Waals surface area contributed by atoms with E-state index < -0.39 is 0 Å². The van der Waals surface area contributed by atoms with Gasteiger partial charge in [-0.05, 0) is 47.3 Å². The molecule has 3 rings (SSSR count). The Labute approximate surface area is 111 Å². The molecular weight excluding hydrogens is 218 g/mol. The maximum atomic E-state index is 6.32. The lowest BCUT2D eigenvalue weighted by Gasteiger charge is -2.24. The number of rotatable bonds is 1. The fourth-order valence-electron chi connectivity index (χ4n) is 3.96. The molecule has 0 bridgehead atoms. The van der Waals surface area contributed by atoms with Gasteiger partial charge in [-0.15, -0.1) is 0 Å². The van der Waals surface area contributed by atoms with Crippen molar-refractivity contribution in [1.29, 1.82) is 0 Å². The molecular formula is C17H25N. The largest absolute Gasteiger partial charge is 0.324 e. The summed E-state index contributed by atoms with van der Waals surface area (Å²) in [6.45, 7) is 4.64. The van der Waals surface area contributed by atoms with Crippen molar-refractivity contribution in [3.05, 3.63) is 34.9 Å². The lowest BCUT2D eigenvalue weighted by Crippen LogP contribution is -2.14. The van der Waals surface area contributed by atoms with Crippen LogP contribution in [0.1, 0.15) is 81.0 Å². The summed E-state index contributed by atoms with van der Waals surface area (Å²) in [6.07, 6.45) is 8.07. The Morgan fingerprint density at radius 3 is 2.56 bits per heavy atom. The quantitative estimate of drug-likeness (QED) is 0.776. The number of benzene rings is 1. The zero-order chi connectivity index (χ0) is 12.8. The van der Waals surface area contributed by atoms with Crippen LogP contribution in [0.2, 0.25) is 0 Å². The van der Waals surface area contributed by atoms with Gasteiger partial charge in [-0.25, -0.2) is 0 Å². The van der Waals surface area contributed by atoms with Crippen molar-refractivity contribution >= 4 is 0 Å². The van der Waals surface area contributed by atoms with E-state index in [9.17, 15) is 0 Å². The van der Waals surface area contributed by atoms with Crippen molar-refractivity contribution in [3.63, 3.8) is 0 Å². The molecule has 2 aliphatic carbocycles. The van der Waals surface area contributed by atoms with Gasteiger partial charge in [-0.2, -0.15) is 0 Å². The van der Waals surface area contributed by atoms with Crippen molar-refractivity contribution in [3.8, 4) is 0 Å². The van der Waals surface area contributed by atoms with E-state index >= 15 is 0 Å². The second-order valence-electron chi connectivity index (χ2n) is 6.88. The van der Waals surface area contributed by atoms with Crippen molar-refractivity contribution in [2.75, 3.05) is 0 Å². The summed E-state index contributed by atoms with van der Waals surface area (Å²) in [5.74, 6) is 0.792. The second kappa shape index (κ2) is 4.38. The van der Waals surface area contributed by atoms with Gasteiger partial charge in [0.15, 0.2) is 0 Å². The zero-order valence-corrected chi connectivity index (χ0v) is 11.7. The number of nitrogens with two attached hydrogens (primary N) is 1. The third kappa shape index (κ3) is 1.99. The Morgan fingerprint density at radius 2 is 1.83 bits per heavy atom. The van der Waals surface area contributed by atoms with Crippen molar-refractivity contribution < 1.29 is 0 Å². The van der Waals surface area contributed by atoms with E-state index in [2.05, 4.69) is 32.0 Å². The molecule has 1 fully saturated rings. The Kier molecular flexibility index (Phi) is 2.97. The van der Waals surface area contributed by atoms with Crippen LogP contribution < -0.4 is 5.73 Å². The van der Waals surface area contributed by atoms with E-state index in [4.69, 9.17) is 5.73 Å². The summed E-state index contributed by atoms with van der Waals surface area (Å²) in [6, 6.07) is 7.39. The standard InChI is InChI=1S/C17H25N/c1-17(2)11-16(18)14-10-13(8-9-15(14)17)12-6-4-3-5-7-12/h8-10,12,16H,3-7,11,18H2,1-2H3/t16-/m0/s1. The van der Waals surface area contributed by atoms with Gasteiger partial charge in [0.1, 0.15) is 0 Å². The number of fused-ring (bicyclic) bond motifs is 1. The average molecular weight is 243 g/mol. The van der Waals surface area contributed by atoms with Gasteiger partial charge >= 0.3 is 0 Å². The van der Waals surface area contributed by atoms with Gasteiger partial charge in [0, 0.05) is 6.04 Å². The van der Waals surface area contributed by atoms with Crippen LogP contribution in [-0.2, 0) is 5.41 Å². The predicted octanol–water partition coefficient (Wildman–Crippen LogP) is 4.42. The van der Waals surface area contributed by atoms with E-state index in [1.807, 2.05) is 0 Å². The van der Waals surface area contributed by atoms with Crippen LogP contribution in [0.15, 0.2) is 18.2 Å². The smallest absolute Gasteiger partial charge is 0.0306 e. The molecule has 0 aromatic heterocycles. The highest BCUT2D eigenvalue weighted by molar-refractivity contribution is 5.44. The monoisotopic (exact) mass is 243 g/mol. The predicted molar refractivity (Wildman–Crippen MR) is 76.8 cm³/mol. The third-order valence-corrected chi connectivity index (χ3v) is 5.01. The van der Waals surface area contributed by atoms with Crippen molar-refractivity contribution in [2.24, 2.45) is 5.73 Å². The molecule has 1 aromatic carbocycles. The van der Waals surface area contributed by atoms with Crippen LogP contribution in [0.5, 0.6) is 0 Å². The molecule has 2 N–H and O–H groups in total. The third-order valence-electron chi connectivity index (χ3n) is 5.01. The fourth-order valence-corrected chi connectivity index (χ4v) is 3.96. The maximum Gasteiger partial charge on any atom is 0.0306 e. The van der Waals surface area contributed by atoms with Gasteiger partial charge in [0.25, 0.3) is 0 Å². The SMILES string of the molecule is CC1(C)C[C@H](N)c2cc(C3CCCCC3)ccc21. The fraction of sp³-hybridized carbons (Fsp3) is 0.647. The molecule has 0 aliphatic heterocycles. The van der Waals surface area contributed by atoms with Gasteiger partial charge in [-0.3, -0.25) is 0 Å². The summed E-state index contributed by atoms with van der Waals surface area (Å²) in [5, 5.41) is 0. The molecule has 18 heavy (non-hydrogen) atoms. The van der Waals surface area contributed by atoms with Crippen LogP contribution in [0, 0.1) is 0 Å². The lowest BCUT2D eigenvalue weighted by molar-refractivity contribution is 0.443. The molecule has 0 heterocycles. The van der Waals surface area contributed by atoms with Crippen LogP contribution in [0.25, 0.3) is 0 Å².